The van der Waals surface area contributed by atoms with Gasteiger partial charge in [0.25, 0.3) is 5.91 Å². The van der Waals surface area contributed by atoms with E-state index in [2.05, 4.69) is 4.99 Å². The zero-order valence-corrected chi connectivity index (χ0v) is 6.40. The highest BCUT2D eigenvalue weighted by Gasteiger charge is 2.04. The quantitative estimate of drug-likeness (QED) is 0.419. The summed E-state index contributed by atoms with van der Waals surface area (Å²) in [4.78, 5) is 15.6. The van der Waals surface area contributed by atoms with Crippen LogP contribution in [-0.2, 0) is 4.79 Å². The van der Waals surface area contributed by atoms with Gasteiger partial charge < -0.3 is 10.0 Å². The third kappa shape index (κ3) is 4.03. The molecule has 0 aliphatic heterocycles. The zero-order chi connectivity index (χ0) is 8.15. The van der Waals surface area contributed by atoms with Gasteiger partial charge in [0.1, 0.15) is 6.10 Å². The van der Waals surface area contributed by atoms with Crippen molar-refractivity contribution in [1.82, 2.24) is 4.90 Å². The number of carbonyl (C=O) groups is 1. The normalized spacial score (nSPS) is 13.6. The van der Waals surface area contributed by atoms with Gasteiger partial charge in [-0.25, -0.2) is 4.99 Å². The van der Waals surface area contributed by atoms with Crippen LogP contribution >= 0.6 is 0 Å². The lowest BCUT2D eigenvalue weighted by molar-refractivity contribution is -0.124. The van der Waals surface area contributed by atoms with Gasteiger partial charge in [-0.05, 0) is 6.92 Å². The molecule has 0 fully saturated rings. The summed E-state index contributed by atoms with van der Waals surface area (Å²) in [6.45, 7) is 1.38. The van der Waals surface area contributed by atoms with E-state index < -0.39 is 12.0 Å². The summed E-state index contributed by atoms with van der Waals surface area (Å²) in [5.74, 6) is -0.520. The van der Waals surface area contributed by atoms with Gasteiger partial charge in [0.2, 0.25) is 0 Å². The second-order valence-corrected chi connectivity index (χ2v) is 2.22. The Bertz CT molecular complexity index is 141. The van der Waals surface area contributed by atoms with Crippen LogP contribution in [0.3, 0.4) is 0 Å². The summed E-state index contributed by atoms with van der Waals surface area (Å²) in [7, 11) is 3.50. The SMILES string of the molecule is CC(O)C(=O)N=CN(C)C. The lowest BCUT2D eigenvalue weighted by Gasteiger charge is -2.01. The molecular weight excluding hydrogens is 132 g/mol. The summed E-state index contributed by atoms with van der Waals surface area (Å²) >= 11 is 0. The molecule has 4 heteroatoms. The van der Waals surface area contributed by atoms with Gasteiger partial charge in [0, 0.05) is 14.1 Å². The molecule has 0 saturated heterocycles. The molecule has 0 aromatic rings. The lowest BCUT2D eigenvalue weighted by Crippen LogP contribution is -2.16. The van der Waals surface area contributed by atoms with Crippen molar-refractivity contribution in [2.24, 2.45) is 4.99 Å². The smallest absolute Gasteiger partial charge is 0.275 e. The fraction of sp³-hybridized carbons (Fsp3) is 0.667. The van der Waals surface area contributed by atoms with Crippen molar-refractivity contribution < 1.29 is 9.90 Å². The van der Waals surface area contributed by atoms with Crippen LogP contribution in [0.25, 0.3) is 0 Å². The first-order chi connectivity index (χ1) is 4.54. The molecule has 1 N–H and O–H groups in total. The Balaban J connectivity index is 3.79. The Morgan fingerprint density at radius 3 is 2.50 bits per heavy atom. The van der Waals surface area contributed by atoms with E-state index in [4.69, 9.17) is 5.11 Å². The Kier molecular flexibility index (Phi) is 3.64. The molecular formula is C6H12N2O2. The zero-order valence-electron chi connectivity index (χ0n) is 6.40. The minimum atomic E-state index is -1.00. The molecule has 0 aromatic carbocycles. The number of carbonyl (C=O) groups excluding carboxylic acids is 1. The highest BCUT2D eigenvalue weighted by atomic mass is 16.3. The molecule has 0 rings (SSSR count). The monoisotopic (exact) mass is 144 g/mol. The molecule has 58 valence electrons. The standard InChI is InChI=1S/C6H12N2O2/c1-5(9)6(10)7-4-8(2)3/h4-5,9H,1-3H3. The lowest BCUT2D eigenvalue weighted by atomic mass is 10.4. The number of amides is 1. The number of aliphatic hydroxyl groups is 1. The number of hydrogen-bond donors (Lipinski definition) is 1. The van der Waals surface area contributed by atoms with Gasteiger partial charge in [-0.3, -0.25) is 4.79 Å². The van der Waals surface area contributed by atoms with Crippen molar-refractivity contribution in [2.45, 2.75) is 13.0 Å². The van der Waals surface area contributed by atoms with Gasteiger partial charge in [-0.2, -0.15) is 0 Å². The average Bonchev–Trinajstić information content (AvgIpc) is 1.82. The highest BCUT2D eigenvalue weighted by Crippen LogP contribution is 1.83. The van der Waals surface area contributed by atoms with Gasteiger partial charge >= 0.3 is 0 Å². The van der Waals surface area contributed by atoms with Crippen LogP contribution in [0.4, 0.5) is 0 Å². The molecule has 0 saturated carbocycles. The molecule has 0 aliphatic rings. The molecule has 4 nitrogen and oxygen atoms in total. The van der Waals surface area contributed by atoms with E-state index in [1.54, 1.807) is 19.0 Å². The van der Waals surface area contributed by atoms with E-state index in [1.165, 1.54) is 13.3 Å². The van der Waals surface area contributed by atoms with Crippen molar-refractivity contribution in [1.29, 1.82) is 0 Å². The van der Waals surface area contributed by atoms with Crippen LogP contribution in [0.2, 0.25) is 0 Å². The number of nitrogens with zero attached hydrogens (tertiary/aromatic N) is 2. The van der Waals surface area contributed by atoms with E-state index in [9.17, 15) is 4.79 Å². The number of aliphatic hydroxyl groups excluding tert-OH is 1. The van der Waals surface area contributed by atoms with Gasteiger partial charge in [0.15, 0.2) is 0 Å². The van der Waals surface area contributed by atoms with E-state index in [0.717, 1.165) is 0 Å². The first-order valence-electron chi connectivity index (χ1n) is 2.96. The Hall–Kier alpha value is -0.900. The van der Waals surface area contributed by atoms with Crippen LogP contribution in [-0.4, -0.2) is 42.5 Å². The molecule has 0 radical (unpaired) electrons. The molecule has 1 amide bonds. The molecule has 1 unspecified atom stereocenters. The topological polar surface area (TPSA) is 52.9 Å². The number of hydrogen-bond acceptors (Lipinski definition) is 2. The predicted octanol–water partition coefficient (Wildman–Crippen LogP) is -0.516. The highest BCUT2D eigenvalue weighted by molar-refractivity contribution is 5.87. The van der Waals surface area contributed by atoms with Gasteiger partial charge in [-0.15, -0.1) is 0 Å². The second kappa shape index (κ2) is 4.00. The fourth-order valence-corrected chi connectivity index (χ4v) is 0.280. The summed E-state index contributed by atoms with van der Waals surface area (Å²) in [6.07, 6.45) is 0.353. The predicted molar refractivity (Wildman–Crippen MR) is 38.9 cm³/mol. The van der Waals surface area contributed by atoms with Crippen molar-refractivity contribution in [2.75, 3.05) is 14.1 Å². The molecule has 1 atom stereocenters. The molecule has 0 aromatic heterocycles. The summed E-state index contributed by atoms with van der Waals surface area (Å²) in [5.41, 5.74) is 0. The van der Waals surface area contributed by atoms with E-state index in [-0.39, 0.29) is 0 Å². The average molecular weight is 144 g/mol. The minimum absolute atomic E-state index is 0.520. The Labute approximate surface area is 60.2 Å². The second-order valence-electron chi connectivity index (χ2n) is 2.22. The van der Waals surface area contributed by atoms with E-state index >= 15 is 0 Å². The third-order valence-corrected chi connectivity index (χ3v) is 0.773. The van der Waals surface area contributed by atoms with E-state index in [0.29, 0.717) is 0 Å². The van der Waals surface area contributed by atoms with Gasteiger partial charge in [0.05, 0.1) is 6.34 Å². The molecule has 0 aliphatic carbocycles. The Morgan fingerprint density at radius 2 is 2.20 bits per heavy atom. The molecule has 10 heavy (non-hydrogen) atoms. The van der Waals surface area contributed by atoms with E-state index in [1.807, 2.05) is 0 Å². The van der Waals surface area contributed by atoms with Crippen LogP contribution in [0.1, 0.15) is 6.92 Å². The van der Waals surface area contributed by atoms with Crippen LogP contribution in [0.15, 0.2) is 4.99 Å². The maximum atomic E-state index is 10.6. The fourth-order valence-electron chi connectivity index (χ4n) is 0.280. The first-order valence-corrected chi connectivity index (χ1v) is 2.96. The summed E-state index contributed by atoms with van der Waals surface area (Å²) < 4.78 is 0. The summed E-state index contributed by atoms with van der Waals surface area (Å²) in [6, 6.07) is 0. The van der Waals surface area contributed by atoms with Crippen molar-refractivity contribution in [3.8, 4) is 0 Å². The minimum Gasteiger partial charge on any atom is -0.383 e. The third-order valence-electron chi connectivity index (χ3n) is 0.773. The van der Waals surface area contributed by atoms with Crippen LogP contribution in [0, 0.1) is 0 Å². The van der Waals surface area contributed by atoms with Crippen molar-refractivity contribution >= 4 is 12.2 Å². The molecule has 0 bridgehead atoms. The number of rotatable bonds is 2. The Morgan fingerprint density at radius 1 is 1.70 bits per heavy atom. The molecule has 0 spiro atoms. The maximum Gasteiger partial charge on any atom is 0.275 e. The molecule has 0 heterocycles. The first kappa shape index (κ1) is 9.10. The maximum absolute atomic E-state index is 10.6. The summed E-state index contributed by atoms with van der Waals surface area (Å²) in [5, 5.41) is 8.65. The number of aliphatic imine (C=N–C) groups is 1. The van der Waals surface area contributed by atoms with Crippen molar-refractivity contribution in [3.05, 3.63) is 0 Å². The van der Waals surface area contributed by atoms with Crippen LogP contribution in [0.5, 0.6) is 0 Å². The largest absolute Gasteiger partial charge is 0.383 e. The van der Waals surface area contributed by atoms with Crippen LogP contribution < -0.4 is 0 Å². The van der Waals surface area contributed by atoms with Gasteiger partial charge in [-0.1, -0.05) is 0 Å². The van der Waals surface area contributed by atoms with Crippen molar-refractivity contribution in [3.63, 3.8) is 0 Å².